The summed E-state index contributed by atoms with van der Waals surface area (Å²) in [4.78, 5) is 13.7. The van der Waals surface area contributed by atoms with Gasteiger partial charge in [-0.15, -0.1) is 0 Å². The molecule has 1 rings (SSSR count). The number of aromatic amines is 1. The lowest BCUT2D eigenvalue weighted by molar-refractivity contribution is 1.18. The van der Waals surface area contributed by atoms with E-state index in [4.69, 9.17) is 0 Å². The smallest absolute Gasteiger partial charge is 0.263 e. The molecule has 0 spiro atoms. The number of H-pyrrole nitrogens is 1. The van der Waals surface area contributed by atoms with Crippen molar-refractivity contribution in [1.82, 2.24) is 4.98 Å². The topological polar surface area (TPSA) is 32.9 Å². The SMILES string of the molecule is Cc1c[nH]c(=O)c(C#CCS)c1. The van der Waals surface area contributed by atoms with Crippen LogP contribution in [-0.2, 0) is 0 Å². The second kappa shape index (κ2) is 4.03. The van der Waals surface area contributed by atoms with Gasteiger partial charge in [0, 0.05) is 6.20 Å². The minimum absolute atomic E-state index is 0.144. The van der Waals surface area contributed by atoms with Gasteiger partial charge in [0.25, 0.3) is 5.56 Å². The van der Waals surface area contributed by atoms with Gasteiger partial charge < -0.3 is 4.98 Å². The van der Waals surface area contributed by atoms with Crippen LogP contribution in [0.15, 0.2) is 17.1 Å². The Morgan fingerprint density at radius 1 is 1.67 bits per heavy atom. The quantitative estimate of drug-likeness (QED) is 0.451. The van der Waals surface area contributed by atoms with Crippen LogP contribution in [0.3, 0.4) is 0 Å². The fourth-order valence-electron chi connectivity index (χ4n) is 0.820. The number of rotatable bonds is 0. The van der Waals surface area contributed by atoms with Crippen molar-refractivity contribution < 1.29 is 0 Å². The summed E-state index contributed by atoms with van der Waals surface area (Å²) >= 11 is 3.93. The van der Waals surface area contributed by atoms with Gasteiger partial charge in [-0.1, -0.05) is 11.8 Å². The van der Waals surface area contributed by atoms with Crippen molar-refractivity contribution in [1.29, 1.82) is 0 Å². The van der Waals surface area contributed by atoms with Crippen LogP contribution < -0.4 is 5.56 Å². The number of pyridine rings is 1. The molecule has 0 aliphatic heterocycles. The molecule has 1 aromatic rings. The van der Waals surface area contributed by atoms with E-state index in [1.165, 1.54) is 0 Å². The fourth-order valence-corrected chi connectivity index (χ4v) is 0.899. The Labute approximate surface area is 76.4 Å². The third-order valence-electron chi connectivity index (χ3n) is 1.35. The molecule has 0 saturated carbocycles. The van der Waals surface area contributed by atoms with Gasteiger partial charge in [0.2, 0.25) is 0 Å². The van der Waals surface area contributed by atoms with Crippen LogP contribution in [0, 0.1) is 18.8 Å². The van der Waals surface area contributed by atoms with Crippen LogP contribution in [0.4, 0.5) is 0 Å². The highest BCUT2D eigenvalue weighted by atomic mass is 32.1. The molecular formula is C9H9NOS. The Hall–Kier alpha value is -1.14. The lowest BCUT2D eigenvalue weighted by Crippen LogP contribution is -2.09. The first-order valence-electron chi connectivity index (χ1n) is 3.53. The van der Waals surface area contributed by atoms with E-state index in [0.29, 0.717) is 11.3 Å². The molecule has 0 saturated heterocycles. The van der Waals surface area contributed by atoms with Crippen LogP contribution in [0.1, 0.15) is 11.1 Å². The van der Waals surface area contributed by atoms with Gasteiger partial charge in [0.15, 0.2) is 0 Å². The molecule has 0 fully saturated rings. The minimum Gasteiger partial charge on any atom is -0.328 e. The molecule has 0 amide bonds. The van der Waals surface area contributed by atoms with Gasteiger partial charge in [0.05, 0.1) is 11.3 Å². The van der Waals surface area contributed by atoms with Crippen LogP contribution in [0.25, 0.3) is 0 Å². The molecule has 0 aliphatic carbocycles. The van der Waals surface area contributed by atoms with E-state index in [1.807, 2.05) is 6.92 Å². The molecule has 0 aromatic carbocycles. The average Bonchev–Trinajstić information content (AvgIpc) is 2.07. The van der Waals surface area contributed by atoms with Crippen molar-refractivity contribution in [3.05, 3.63) is 33.7 Å². The van der Waals surface area contributed by atoms with Crippen molar-refractivity contribution >= 4 is 12.6 Å². The lowest BCUT2D eigenvalue weighted by atomic mass is 10.2. The highest BCUT2D eigenvalue weighted by molar-refractivity contribution is 7.80. The largest absolute Gasteiger partial charge is 0.328 e. The molecule has 12 heavy (non-hydrogen) atoms. The Balaban J connectivity index is 3.14. The molecule has 3 heteroatoms. The van der Waals surface area contributed by atoms with E-state index >= 15 is 0 Å². The molecule has 1 aromatic heterocycles. The van der Waals surface area contributed by atoms with E-state index in [2.05, 4.69) is 29.5 Å². The predicted molar refractivity (Wildman–Crippen MR) is 52.5 cm³/mol. The molecule has 1 heterocycles. The van der Waals surface area contributed by atoms with Crippen LogP contribution >= 0.6 is 12.6 Å². The first-order chi connectivity index (χ1) is 5.74. The van der Waals surface area contributed by atoms with Crippen molar-refractivity contribution in [3.63, 3.8) is 0 Å². The van der Waals surface area contributed by atoms with Gasteiger partial charge in [-0.25, -0.2) is 0 Å². The molecule has 0 atom stereocenters. The first-order valence-corrected chi connectivity index (χ1v) is 4.16. The van der Waals surface area contributed by atoms with Gasteiger partial charge in [-0.3, -0.25) is 4.79 Å². The Morgan fingerprint density at radius 3 is 3.08 bits per heavy atom. The summed E-state index contributed by atoms with van der Waals surface area (Å²) < 4.78 is 0. The summed E-state index contributed by atoms with van der Waals surface area (Å²) in [7, 11) is 0. The van der Waals surface area contributed by atoms with Crippen molar-refractivity contribution in [2.45, 2.75) is 6.92 Å². The fraction of sp³-hybridized carbons (Fsp3) is 0.222. The second-order valence-corrected chi connectivity index (χ2v) is 2.70. The molecule has 0 radical (unpaired) electrons. The zero-order valence-electron chi connectivity index (χ0n) is 6.72. The number of hydrogen-bond acceptors (Lipinski definition) is 2. The van der Waals surface area contributed by atoms with E-state index in [1.54, 1.807) is 12.3 Å². The van der Waals surface area contributed by atoms with Gasteiger partial charge in [0.1, 0.15) is 0 Å². The molecule has 1 N–H and O–H groups in total. The zero-order chi connectivity index (χ0) is 8.97. The lowest BCUT2D eigenvalue weighted by Gasteiger charge is -1.91. The van der Waals surface area contributed by atoms with Crippen molar-refractivity contribution in [2.24, 2.45) is 0 Å². The third kappa shape index (κ3) is 2.18. The van der Waals surface area contributed by atoms with Crippen LogP contribution in [-0.4, -0.2) is 10.7 Å². The maximum absolute atomic E-state index is 11.1. The number of thiol groups is 1. The van der Waals surface area contributed by atoms with Gasteiger partial charge >= 0.3 is 0 Å². The summed E-state index contributed by atoms with van der Waals surface area (Å²) in [5.41, 5.74) is 1.36. The average molecular weight is 179 g/mol. The second-order valence-electron chi connectivity index (χ2n) is 2.38. The van der Waals surface area contributed by atoms with Gasteiger partial charge in [-0.2, -0.15) is 12.6 Å². The Kier molecular flexibility index (Phi) is 3.01. The Bertz CT molecular complexity index is 383. The van der Waals surface area contributed by atoms with E-state index in [9.17, 15) is 4.79 Å². The summed E-state index contributed by atoms with van der Waals surface area (Å²) in [6, 6.07) is 1.76. The number of aromatic nitrogens is 1. The zero-order valence-corrected chi connectivity index (χ0v) is 7.61. The molecule has 0 aliphatic rings. The van der Waals surface area contributed by atoms with Crippen LogP contribution in [0.2, 0.25) is 0 Å². The third-order valence-corrected chi connectivity index (χ3v) is 1.51. The number of hydrogen-bond donors (Lipinski definition) is 2. The normalized spacial score (nSPS) is 8.83. The predicted octanol–water partition coefficient (Wildman–Crippen LogP) is 0.965. The number of aryl methyl sites for hydroxylation is 1. The molecule has 0 unspecified atom stereocenters. The maximum atomic E-state index is 11.1. The summed E-state index contributed by atoms with van der Waals surface area (Å²) in [6.07, 6.45) is 1.66. The summed E-state index contributed by atoms with van der Waals surface area (Å²) in [6.45, 7) is 1.90. The highest BCUT2D eigenvalue weighted by Gasteiger charge is 1.93. The van der Waals surface area contributed by atoms with E-state index < -0.39 is 0 Å². The molecular weight excluding hydrogens is 170 g/mol. The Morgan fingerprint density at radius 2 is 2.42 bits per heavy atom. The maximum Gasteiger partial charge on any atom is 0.263 e. The highest BCUT2D eigenvalue weighted by Crippen LogP contribution is 1.93. The van der Waals surface area contributed by atoms with Crippen LogP contribution in [0.5, 0.6) is 0 Å². The standard InChI is InChI=1S/C9H9NOS/c1-7-5-8(3-2-4-12)9(11)10-6-7/h5-6,12H,4H2,1H3,(H,10,11). The van der Waals surface area contributed by atoms with Crippen molar-refractivity contribution in [2.75, 3.05) is 5.75 Å². The van der Waals surface area contributed by atoms with Gasteiger partial charge in [-0.05, 0) is 18.6 Å². The van der Waals surface area contributed by atoms with E-state index in [-0.39, 0.29) is 5.56 Å². The number of nitrogens with one attached hydrogen (secondary N) is 1. The summed E-state index contributed by atoms with van der Waals surface area (Å²) in [5, 5.41) is 0. The van der Waals surface area contributed by atoms with E-state index in [0.717, 1.165) is 5.56 Å². The van der Waals surface area contributed by atoms with Crippen molar-refractivity contribution in [3.8, 4) is 11.8 Å². The molecule has 62 valence electrons. The molecule has 2 nitrogen and oxygen atoms in total. The monoisotopic (exact) mass is 179 g/mol. The molecule has 0 bridgehead atoms. The summed E-state index contributed by atoms with van der Waals surface area (Å²) in [5.74, 6) is 5.93. The first kappa shape index (κ1) is 8.95. The minimum atomic E-state index is -0.144.